The van der Waals surface area contributed by atoms with Crippen molar-refractivity contribution in [1.29, 1.82) is 0 Å². The number of β-amino-alcohol motifs (C(OH)–C–C–N with tert-alkyl or cyclic N) is 1. The molecule has 3 amide bonds. The Balaban J connectivity index is 1.92. The predicted molar refractivity (Wildman–Crippen MR) is 122 cm³/mol. The molecular formula is C22H43N5O5. The molecule has 1 rings (SSSR count). The van der Waals surface area contributed by atoms with Gasteiger partial charge in [0.15, 0.2) is 0 Å². The first-order valence-corrected chi connectivity index (χ1v) is 12.0. The van der Waals surface area contributed by atoms with E-state index >= 15 is 0 Å². The van der Waals surface area contributed by atoms with Crippen molar-refractivity contribution in [1.82, 2.24) is 15.5 Å². The summed E-state index contributed by atoms with van der Waals surface area (Å²) in [4.78, 5) is 37.0. The lowest BCUT2D eigenvalue weighted by atomic mass is 10.1. The van der Waals surface area contributed by atoms with Crippen LogP contribution in [0.3, 0.4) is 0 Å². The first kappa shape index (κ1) is 28.3. The van der Waals surface area contributed by atoms with Gasteiger partial charge in [0.2, 0.25) is 17.7 Å². The second-order valence-corrected chi connectivity index (χ2v) is 8.57. The minimum atomic E-state index is -0.878. The Bertz CT molecular complexity index is 563. The van der Waals surface area contributed by atoms with Crippen molar-refractivity contribution in [2.45, 2.75) is 95.4 Å². The minimum absolute atomic E-state index is 0.0150. The number of hydrogen-bond donors (Lipinski definition) is 6. The van der Waals surface area contributed by atoms with Crippen LogP contribution in [-0.4, -0.2) is 77.4 Å². The Kier molecular flexibility index (Phi) is 14.9. The van der Waals surface area contributed by atoms with E-state index in [1.54, 1.807) is 0 Å². The first-order valence-electron chi connectivity index (χ1n) is 12.0. The zero-order valence-electron chi connectivity index (χ0n) is 19.3. The van der Waals surface area contributed by atoms with Gasteiger partial charge in [-0.05, 0) is 45.1 Å². The fraction of sp³-hybridized carbons (Fsp3) is 0.864. The lowest BCUT2D eigenvalue weighted by Crippen LogP contribution is -2.40. The number of likely N-dealkylation sites (tertiary alicyclic amines) is 1. The summed E-state index contributed by atoms with van der Waals surface area (Å²) in [6, 6.07) is -0.481. The van der Waals surface area contributed by atoms with Crippen LogP contribution in [0.2, 0.25) is 0 Å². The van der Waals surface area contributed by atoms with Crippen LogP contribution in [0.4, 0.5) is 0 Å². The van der Waals surface area contributed by atoms with Gasteiger partial charge < -0.3 is 37.2 Å². The van der Waals surface area contributed by atoms with Crippen molar-refractivity contribution in [3.63, 3.8) is 0 Å². The summed E-state index contributed by atoms with van der Waals surface area (Å²) in [5, 5.41) is 24.9. The molecule has 0 saturated carbocycles. The highest BCUT2D eigenvalue weighted by Gasteiger charge is 2.32. The average molecular weight is 458 g/mol. The van der Waals surface area contributed by atoms with E-state index < -0.39 is 18.4 Å². The van der Waals surface area contributed by atoms with Crippen LogP contribution in [0.25, 0.3) is 0 Å². The number of aliphatic hydroxyl groups excluding tert-OH is 2. The number of nitrogens with one attached hydrogen (secondary N) is 2. The lowest BCUT2D eigenvalue weighted by molar-refractivity contribution is -0.138. The number of hydrogen-bond acceptors (Lipinski definition) is 7. The van der Waals surface area contributed by atoms with Gasteiger partial charge in [-0.25, -0.2) is 0 Å². The molecule has 1 aliphatic rings. The summed E-state index contributed by atoms with van der Waals surface area (Å²) in [5.41, 5.74) is 11.3. The number of nitrogens with zero attached hydrogens (tertiary/aromatic N) is 1. The standard InChI is InChI=1S/C22H43N5O5/c23-12-6-5-9-18(24)22(32)26-14-8-1-3-10-19(29)25-13-7-2-4-11-20(30)27-16-17(28)15-21(27)31/h17-18,21,28,31H,1-16,23-24H2,(H,25,29)(H,26,32)/t17-,18-,21-/m1/s1. The smallest absolute Gasteiger partial charge is 0.236 e. The van der Waals surface area contributed by atoms with Crippen molar-refractivity contribution in [3.05, 3.63) is 0 Å². The predicted octanol–water partition coefficient (Wildman–Crippen LogP) is -0.292. The summed E-state index contributed by atoms with van der Waals surface area (Å²) < 4.78 is 0. The number of amides is 3. The van der Waals surface area contributed by atoms with Crippen LogP contribution in [0.1, 0.15) is 77.0 Å². The summed E-state index contributed by atoms with van der Waals surface area (Å²) in [7, 11) is 0. The van der Waals surface area contributed by atoms with Crippen molar-refractivity contribution in [2.24, 2.45) is 11.5 Å². The van der Waals surface area contributed by atoms with E-state index in [4.69, 9.17) is 11.5 Å². The minimum Gasteiger partial charge on any atom is -0.391 e. The van der Waals surface area contributed by atoms with Gasteiger partial charge in [-0.1, -0.05) is 19.3 Å². The molecule has 1 heterocycles. The van der Waals surface area contributed by atoms with Crippen LogP contribution < -0.4 is 22.1 Å². The van der Waals surface area contributed by atoms with Gasteiger partial charge in [0.25, 0.3) is 0 Å². The highest BCUT2D eigenvalue weighted by atomic mass is 16.3. The van der Waals surface area contributed by atoms with Crippen LogP contribution in [0.5, 0.6) is 0 Å². The number of carbonyl (C=O) groups is 3. The normalized spacial score (nSPS) is 19.1. The second-order valence-electron chi connectivity index (χ2n) is 8.57. The zero-order chi connectivity index (χ0) is 23.8. The van der Waals surface area contributed by atoms with Crippen LogP contribution >= 0.6 is 0 Å². The average Bonchev–Trinajstić information content (AvgIpc) is 3.10. The van der Waals surface area contributed by atoms with Gasteiger partial charge >= 0.3 is 0 Å². The molecular weight excluding hydrogens is 414 g/mol. The number of rotatable bonds is 17. The van der Waals surface area contributed by atoms with E-state index in [0.717, 1.165) is 44.9 Å². The summed E-state index contributed by atoms with van der Waals surface area (Å²) in [6.45, 7) is 1.96. The molecule has 0 aromatic carbocycles. The van der Waals surface area contributed by atoms with Gasteiger partial charge in [0, 0.05) is 38.9 Å². The molecule has 1 aliphatic heterocycles. The Hall–Kier alpha value is -1.75. The number of carbonyl (C=O) groups excluding carboxylic acids is 3. The molecule has 0 unspecified atom stereocenters. The quantitative estimate of drug-likeness (QED) is 0.163. The molecule has 0 aromatic heterocycles. The third kappa shape index (κ3) is 12.3. The monoisotopic (exact) mass is 457 g/mol. The fourth-order valence-corrected chi connectivity index (χ4v) is 3.67. The maximum absolute atomic E-state index is 12.0. The topological polar surface area (TPSA) is 171 Å². The van der Waals surface area contributed by atoms with E-state index in [-0.39, 0.29) is 30.7 Å². The molecule has 10 nitrogen and oxygen atoms in total. The van der Waals surface area contributed by atoms with E-state index in [1.807, 2.05) is 0 Å². The van der Waals surface area contributed by atoms with Crippen molar-refractivity contribution < 1.29 is 24.6 Å². The molecule has 32 heavy (non-hydrogen) atoms. The maximum atomic E-state index is 12.0. The van der Waals surface area contributed by atoms with E-state index in [2.05, 4.69) is 10.6 Å². The third-order valence-corrected chi connectivity index (χ3v) is 5.65. The summed E-state index contributed by atoms with van der Waals surface area (Å²) in [5.74, 6) is -0.250. The number of unbranched alkanes of at least 4 members (excludes halogenated alkanes) is 5. The molecule has 0 bridgehead atoms. The SMILES string of the molecule is NCCCC[C@@H](N)C(=O)NCCCCCC(=O)NCCCCCC(=O)N1C[C@H](O)C[C@H]1O. The molecule has 0 radical (unpaired) electrons. The molecule has 0 spiro atoms. The molecule has 186 valence electrons. The molecule has 1 saturated heterocycles. The fourth-order valence-electron chi connectivity index (χ4n) is 3.67. The molecule has 3 atom stereocenters. The Labute approximate surface area is 191 Å². The second kappa shape index (κ2) is 16.8. The molecule has 0 aromatic rings. The van der Waals surface area contributed by atoms with Crippen LogP contribution in [0.15, 0.2) is 0 Å². The molecule has 8 N–H and O–H groups in total. The van der Waals surface area contributed by atoms with E-state index in [1.165, 1.54) is 4.90 Å². The molecule has 0 aliphatic carbocycles. The molecule has 1 fully saturated rings. The summed E-state index contributed by atoms with van der Waals surface area (Å²) in [6.07, 6.45) is 6.60. The molecule has 10 heteroatoms. The van der Waals surface area contributed by atoms with Crippen molar-refractivity contribution in [3.8, 4) is 0 Å². The van der Waals surface area contributed by atoms with Gasteiger partial charge in [-0.15, -0.1) is 0 Å². The first-order chi connectivity index (χ1) is 15.3. The van der Waals surface area contributed by atoms with Gasteiger partial charge in [0.05, 0.1) is 12.1 Å². The highest BCUT2D eigenvalue weighted by molar-refractivity contribution is 5.81. The van der Waals surface area contributed by atoms with E-state index in [9.17, 15) is 24.6 Å². The number of nitrogens with two attached hydrogens (primary N) is 2. The van der Waals surface area contributed by atoms with Crippen LogP contribution in [-0.2, 0) is 14.4 Å². The third-order valence-electron chi connectivity index (χ3n) is 5.65. The largest absolute Gasteiger partial charge is 0.391 e. The Morgan fingerprint density at radius 1 is 0.906 bits per heavy atom. The maximum Gasteiger partial charge on any atom is 0.236 e. The van der Waals surface area contributed by atoms with Gasteiger partial charge in [0.1, 0.15) is 6.23 Å². The van der Waals surface area contributed by atoms with Gasteiger partial charge in [-0.2, -0.15) is 0 Å². The Morgan fingerprint density at radius 3 is 2.19 bits per heavy atom. The number of aliphatic hydroxyl groups is 2. The van der Waals surface area contributed by atoms with E-state index in [0.29, 0.717) is 45.3 Å². The van der Waals surface area contributed by atoms with Crippen LogP contribution in [0, 0.1) is 0 Å². The Morgan fingerprint density at radius 2 is 1.56 bits per heavy atom. The van der Waals surface area contributed by atoms with Gasteiger partial charge in [-0.3, -0.25) is 14.4 Å². The van der Waals surface area contributed by atoms with Crippen molar-refractivity contribution >= 4 is 17.7 Å². The summed E-state index contributed by atoms with van der Waals surface area (Å²) >= 11 is 0. The van der Waals surface area contributed by atoms with Crippen molar-refractivity contribution in [2.75, 3.05) is 26.2 Å². The highest BCUT2D eigenvalue weighted by Crippen LogP contribution is 2.17. The lowest BCUT2D eigenvalue weighted by Gasteiger charge is -2.19. The zero-order valence-corrected chi connectivity index (χ0v) is 19.3.